The molecule has 1 aliphatic rings. The van der Waals surface area contributed by atoms with Crippen molar-refractivity contribution in [2.45, 2.75) is 103 Å². The second-order valence-electron chi connectivity index (χ2n) is 11.6. The Kier molecular flexibility index (Phi) is 12.7. The smallest absolute Gasteiger partial charge is 0.410 e. The summed E-state index contributed by atoms with van der Waals surface area (Å²) in [7, 11) is 0. The van der Waals surface area contributed by atoms with E-state index in [2.05, 4.69) is 65.6 Å². The van der Waals surface area contributed by atoms with Crippen LogP contribution in [0.1, 0.15) is 83.8 Å². The predicted octanol–water partition coefficient (Wildman–Crippen LogP) is 7.53. The lowest BCUT2D eigenvalue weighted by molar-refractivity contribution is -0.137. The van der Waals surface area contributed by atoms with Gasteiger partial charge in [-0.2, -0.15) is 0 Å². The van der Waals surface area contributed by atoms with E-state index in [1.165, 1.54) is 17.2 Å². The molecule has 40 heavy (non-hydrogen) atoms. The van der Waals surface area contributed by atoms with Crippen molar-refractivity contribution in [3.05, 3.63) is 83.9 Å². The zero-order valence-electron chi connectivity index (χ0n) is 24.9. The number of carbonyl (C=O) groups excluding carboxylic acids is 2. The van der Waals surface area contributed by atoms with Gasteiger partial charge >= 0.3 is 12.1 Å². The first kappa shape index (κ1) is 31.4. The van der Waals surface area contributed by atoms with E-state index in [1.54, 1.807) is 0 Å². The van der Waals surface area contributed by atoms with Crippen LogP contribution in [-0.4, -0.2) is 52.7 Å². The number of carbonyl (C=O) groups is 2. The number of allylic oxidation sites excluding steroid dienone is 1. The molecule has 1 saturated heterocycles. The van der Waals surface area contributed by atoms with Crippen LogP contribution in [0.25, 0.3) is 0 Å². The van der Waals surface area contributed by atoms with E-state index in [1.807, 2.05) is 38.7 Å². The minimum atomic E-state index is -0.534. The molecule has 6 nitrogen and oxygen atoms in total. The quantitative estimate of drug-likeness (QED) is 0.147. The van der Waals surface area contributed by atoms with Crippen molar-refractivity contribution in [3.8, 4) is 0 Å². The topological polar surface area (TPSA) is 59.1 Å². The Balaban J connectivity index is 1.76. The lowest BCUT2D eigenvalue weighted by Crippen LogP contribution is -2.57. The number of unbranched alkanes of at least 4 members (excludes halogenated alkanes) is 3. The van der Waals surface area contributed by atoms with Crippen LogP contribution in [0.5, 0.6) is 0 Å². The third-order valence-electron chi connectivity index (χ3n) is 7.21. The molecule has 3 rings (SSSR count). The number of piperidine rings is 1. The summed E-state index contributed by atoms with van der Waals surface area (Å²) >= 11 is 0. The number of nitrogens with zero attached hydrogens (tertiary/aromatic N) is 2. The molecular formula is C34H48N2O4. The summed E-state index contributed by atoms with van der Waals surface area (Å²) < 4.78 is 10.8. The van der Waals surface area contributed by atoms with Crippen LogP contribution in [-0.2, 0) is 27.4 Å². The number of hydrogen-bond acceptors (Lipinski definition) is 5. The van der Waals surface area contributed by atoms with Gasteiger partial charge in [-0.15, -0.1) is 0 Å². The Morgan fingerprint density at radius 1 is 0.950 bits per heavy atom. The second-order valence-corrected chi connectivity index (χ2v) is 11.6. The van der Waals surface area contributed by atoms with Gasteiger partial charge in [0.15, 0.2) is 0 Å². The number of likely N-dealkylation sites (tertiary alicyclic amines) is 1. The van der Waals surface area contributed by atoms with Crippen molar-refractivity contribution in [2.24, 2.45) is 0 Å². The van der Waals surface area contributed by atoms with Gasteiger partial charge in [-0.05, 0) is 70.9 Å². The number of amides is 1. The summed E-state index contributed by atoms with van der Waals surface area (Å²) in [4.78, 5) is 29.5. The Bertz CT molecular complexity index is 1010. The molecule has 0 bridgehead atoms. The standard InChI is InChI=1S/C34H48N2O4/c1-5-39-32(37)24-16-8-6-7-15-22-31-30(23-17-25-36(31)33(38)40-34(2,3)4)35(26-28-18-11-9-12-19-28)27-29-20-13-10-14-21-29/h9-14,16,18-21,24,30-31H,5-8,15,17,22-23,25-27H2,1-4H3/b24-16+/t30-,31+/m0/s1. The maximum atomic E-state index is 13.4. The van der Waals surface area contributed by atoms with Crippen LogP contribution in [0.15, 0.2) is 72.8 Å². The van der Waals surface area contributed by atoms with Crippen molar-refractivity contribution in [1.82, 2.24) is 9.80 Å². The lowest BCUT2D eigenvalue weighted by Gasteiger charge is -2.46. The molecule has 0 aromatic heterocycles. The molecule has 0 saturated carbocycles. The Hall–Kier alpha value is -3.12. The Morgan fingerprint density at radius 2 is 1.57 bits per heavy atom. The summed E-state index contributed by atoms with van der Waals surface area (Å²) in [6, 6.07) is 21.5. The summed E-state index contributed by atoms with van der Waals surface area (Å²) in [6.07, 6.45) is 10.0. The molecule has 1 amide bonds. The first-order chi connectivity index (χ1) is 19.3. The normalized spacial score (nSPS) is 17.8. The highest BCUT2D eigenvalue weighted by molar-refractivity contribution is 5.81. The lowest BCUT2D eigenvalue weighted by atomic mass is 9.89. The maximum Gasteiger partial charge on any atom is 0.410 e. The SMILES string of the molecule is CCOC(=O)/C=C/CCCCC[C@@H]1[C@@H](N(Cc2ccccc2)Cc2ccccc2)CCCN1C(=O)OC(C)(C)C. The highest BCUT2D eigenvalue weighted by atomic mass is 16.6. The van der Waals surface area contributed by atoms with Gasteiger partial charge in [-0.3, -0.25) is 4.90 Å². The van der Waals surface area contributed by atoms with Gasteiger partial charge in [-0.25, -0.2) is 9.59 Å². The molecule has 0 aliphatic carbocycles. The highest BCUT2D eigenvalue weighted by Gasteiger charge is 2.39. The molecule has 0 radical (unpaired) electrons. The van der Waals surface area contributed by atoms with Gasteiger partial charge in [0, 0.05) is 31.8 Å². The van der Waals surface area contributed by atoms with Crippen LogP contribution >= 0.6 is 0 Å². The molecule has 1 aliphatic heterocycles. The fourth-order valence-corrected chi connectivity index (χ4v) is 5.45. The van der Waals surface area contributed by atoms with Gasteiger partial charge < -0.3 is 14.4 Å². The number of benzene rings is 2. The molecule has 2 aromatic rings. The fraction of sp³-hybridized carbons (Fsp3) is 0.529. The average molecular weight is 549 g/mol. The summed E-state index contributed by atoms with van der Waals surface area (Å²) in [5, 5.41) is 0. The number of ether oxygens (including phenoxy) is 2. The summed E-state index contributed by atoms with van der Waals surface area (Å²) in [5.41, 5.74) is 2.02. The minimum Gasteiger partial charge on any atom is -0.463 e. The largest absolute Gasteiger partial charge is 0.463 e. The van der Waals surface area contributed by atoms with E-state index in [0.717, 1.165) is 64.6 Å². The van der Waals surface area contributed by atoms with Crippen LogP contribution in [0.3, 0.4) is 0 Å². The number of rotatable bonds is 13. The molecule has 218 valence electrons. The average Bonchev–Trinajstić information content (AvgIpc) is 2.92. The van der Waals surface area contributed by atoms with Gasteiger partial charge in [-0.1, -0.05) is 79.6 Å². The van der Waals surface area contributed by atoms with Crippen molar-refractivity contribution in [2.75, 3.05) is 13.2 Å². The summed E-state index contributed by atoms with van der Waals surface area (Å²) in [6.45, 7) is 10.4. The van der Waals surface area contributed by atoms with Crippen LogP contribution in [0, 0.1) is 0 Å². The van der Waals surface area contributed by atoms with E-state index >= 15 is 0 Å². The molecule has 0 spiro atoms. The number of hydrogen-bond donors (Lipinski definition) is 0. The van der Waals surface area contributed by atoms with Crippen molar-refractivity contribution in [3.63, 3.8) is 0 Å². The van der Waals surface area contributed by atoms with Gasteiger partial charge in [0.2, 0.25) is 0 Å². The molecule has 2 atom stereocenters. The maximum absolute atomic E-state index is 13.4. The van der Waals surface area contributed by atoms with Gasteiger partial charge in [0.1, 0.15) is 5.60 Å². The molecule has 2 aromatic carbocycles. The minimum absolute atomic E-state index is 0.0751. The van der Waals surface area contributed by atoms with E-state index in [0.29, 0.717) is 6.61 Å². The Morgan fingerprint density at radius 3 is 2.15 bits per heavy atom. The predicted molar refractivity (Wildman–Crippen MR) is 161 cm³/mol. The van der Waals surface area contributed by atoms with Gasteiger partial charge in [0.25, 0.3) is 0 Å². The Labute approximate surface area is 241 Å². The first-order valence-corrected chi connectivity index (χ1v) is 14.9. The summed E-state index contributed by atoms with van der Waals surface area (Å²) in [5.74, 6) is -0.280. The van der Waals surface area contributed by atoms with E-state index < -0.39 is 5.60 Å². The molecule has 0 unspecified atom stereocenters. The van der Waals surface area contributed by atoms with Crippen molar-refractivity contribution < 1.29 is 19.1 Å². The van der Waals surface area contributed by atoms with Crippen molar-refractivity contribution in [1.29, 1.82) is 0 Å². The highest BCUT2D eigenvalue weighted by Crippen LogP contribution is 2.30. The van der Waals surface area contributed by atoms with Crippen molar-refractivity contribution >= 4 is 12.1 Å². The first-order valence-electron chi connectivity index (χ1n) is 14.9. The third kappa shape index (κ3) is 10.8. The molecule has 0 N–H and O–H groups in total. The van der Waals surface area contributed by atoms with Crippen LogP contribution in [0.4, 0.5) is 4.79 Å². The molecular weight excluding hydrogens is 500 g/mol. The van der Waals surface area contributed by atoms with E-state index in [-0.39, 0.29) is 24.1 Å². The van der Waals surface area contributed by atoms with Crippen LogP contribution in [0.2, 0.25) is 0 Å². The monoisotopic (exact) mass is 548 g/mol. The number of esters is 1. The molecule has 1 heterocycles. The second kappa shape index (κ2) is 16.2. The molecule has 1 fully saturated rings. The fourth-order valence-electron chi connectivity index (χ4n) is 5.45. The van der Waals surface area contributed by atoms with E-state index in [9.17, 15) is 9.59 Å². The zero-order chi connectivity index (χ0) is 28.8. The third-order valence-corrected chi connectivity index (χ3v) is 7.21. The molecule has 6 heteroatoms. The zero-order valence-corrected chi connectivity index (χ0v) is 24.9. The van der Waals surface area contributed by atoms with E-state index in [4.69, 9.17) is 9.47 Å². The van der Waals surface area contributed by atoms with Crippen LogP contribution < -0.4 is 0 Å². The van der Waals surface area contributed by atoms with Gasteiger partial charge in [0.05, 0.1) is 12.6 Å².